The third-order valence-corrected chi connectivity index (χ3v) is 5.88. The molecular formula is C16H31NO2S. The molecule has 1 spiro atoms. The van der Waals surface area contributed by atoms with Crippen LogP contribution in [0.15, 0.2) is 0 Å². The molecule has 0 aromatic carbocycles. The highest BCUT2D eigenvalue weighted by molar-refractivity contribution is 7.99. The molecule has 0 aromatic heterocycles. The summed E-state index contributed by atoms with van der Waals surface area (Å²) >= 11 is 2.10. The van der Waals surface area contributed by atoms with E-state index in [1.165, 1.54) is 24.3 Å². The Hall–Kier alpha value is 0.230. The largest absolute Gasteiger partial charge is 0.378 e. The van der Waals surface area contributed by atoms with Gasteiger partial charge in [0.25, 0.3) is 0 Å². The van der Waals surface area contributed by atoms with Crippen LogP contribution in [0.25, 0.3) is 0 Å². The Morgan fingerprint density at radius 2 is 2.15 bits per heavy atom. The molecular weight excluding hydrogens is 270 g/mol. The molecule has 0 aromatic rings. The zero-order chi connectivity index (χ0) is 14.4. The van der Waals surface area contributed by atoms with E-state index in [9.17, 15) is 0 Å². The van der Waals surface area contributed by atoms with E-state index in [0.29, 0.717) is 6.04 Å². The fraction of sp³-hybridized carbons (Fsp3) is 1.00. The van der Waals surface area contributed by atoms with Gasteiger partial charge in [-0.25, -0.2) is 0 Å². The third kappa shape index (κ3) is 4.62. The predicted molar refractivity (Wildman–Crippen MR) is 86.5 cm³/mol. The third-order valence-electron chi connectivity index (χ3n) is 4.38. The molecule has 2 saturated heterocycles. The molecule has 2 heterocycles. The number of rotatable bonds is 7. The lowest BCUT2D eigenvalue weighted by Gasteiger charge is -2.40. The van der Waals surface area contributed by atoms with E-state index < -0.39 is 0 Å². The lowest BCUT2D eigenvalue weighted by atomic mass is 9.81. The zero-order valence-corrected chi connectivity index (χ0v) is 14.1. The van der Waals surface area contributed by atoms with Crippen LogP contribution in [0.2, 0.25) is 0 Å². The van der Waals surface area contributed by atoms with Crippen LogP contribution in [0.4, 0.5) is 0 Å². The molecule has 0 saturated carbocycles. The molecule has 2 aliphatic heterocycles. The van der Waals surface area contributed by atoms with Gasteiger partial charge in [0.05, 0.1) is 12.2 Å². The molecule has 2 rings (SSSR count). The van der Waals surface area contributed by atoms with E-state index in [1.54, 1.807) is 0 Å². The second-order valence-corrected chi connectivity index (χ2v) is 7.76. The molecule has 0 radical (unpaired) electrons. The molecule has 3 atom stereocenters. The van der Waals surface area contributed by atoms with E-state index in [0.717, 1.165) is 44.6 Å². The van der Waals surface area contributed by atoms with Crippen LogP contribution in [-0.4, -0.2) is 49.5 Å². The van der Waals surface area contributed by atoms with Crippen LogP contribution < -0.4 is 5.32 Å². The second-order valence-electron chi connectivity index (χ2n) is 6.68. The first-order valence-corrected chi connectivity index (χ1v) is 9.33. The van der Waals surface area contributed by atoms with Crippen molar-refractivity contribution in [2.45, 2.75) is 51.7 Å². The van der Waals surface area contributed by atoms with Gasteiger partial charge in [-0.15, -0.1) is 0 Å². The second kappa shape index (κ2) is 8.02. The van der Waals surface area contributed by atoms with Crippen molar-refractivity contribution in [1.82, 2.24) is 5.32 Å². The van der Waals surface area contributed by atoms with Crippen LogP contribution in [0, 0.1) is 11.8 Å². The summed E-state index contributed by atoms with van der Waals surface area (Å²) < 4.78 is 11.7. The van der Waals surface area contributed by atoms with Crippen molar-refractivity contribution >= 4 is 11.8 Å². The Morgan fingerprint density at radius 1 is 1.30 bits per heavy atom. The van der Waals surface area contributed by atoms with Gasteiger partial charge < -0.3 is 14.8 Å². The van der Waals surface area contributed by atoms with E-state index >= 15 is 0 Å². The minimum Gasteiger partial charge on any atom is -0.378 e. The molecule has 0 amide bonds. The summed E-state index contributed by atoms with van der Waals surface area (Å²) in [6, 6.07) is 0.630. The van der Waals surface area contributed by atoms with Gasteiger partial charge in [-0.2, -0.15) is 11.8 Å². The molecule has 0 aliphatic carbocycles. The molecule has 2 fully saturated rings. The highest BCUT2D eigenvalue weighted by atomic mass is 32.2. The summed E-state index contributed by atoms with van der Waals surface area (Å²) in [5.41, 5.74) is 0.0410. The zero-order valence-electron chi connectivity index (χ0n) is 13.3. The number of ether oxygens (including phenoxy) is 2. The topological polar surface area (TPSA) is 30.5 Å². The lowest BCUT2D eigenvalue weighted by Crippen LogP contribution is -2.48. The maximum Gasteiger partial charge on any atom is 0.0939 e. The average Bonchev–Trinajstić information content (AvgIpc) is 2.85. The van der Waals surface area contributed by atoms with E-state index in [2.05, 4.69) is 37.8 Å². The van der Waals surface area contributed by atoms with Gasteiger partial charge in [0.15, 0.2) is 0 Å². The molecule has 20 heavy (non-hydrogen) atoms. The predicted octanol–water partition coefficient (Wildman–Crippen LogP) is 2.94. The molecule has 4 heteroatoms. The number of hydrogen-bond donors (Lipinski definition) is 1. The molecule has 0 bridgehead atoms. The van der Waals surface area contributed by atoms with Crippen LogP contribution in [0.1, 0.15) is 40.0 Å². The van der Waals surface area contributed by atoms with Crippen LogP contribution in [0.3, 0.4) is 0 Å². The maximum absolute atomic E-state index is 6.07. The van der Waals surface area contributed by atoms with Crippen molar-refractivity contribution in [3.05, 3.63) is 0 Å². The van der Waals surface area contributed by atoms with E-state index in [-0.39, 0.29) is 5.60 Å². The van der Waals surface area contributed by atoms with Crippen molar-refractivity contribution in [2.24, 2.45) is 11.8 Å². The fourth-order valence-electron chi connectivity index (χ4n) is 3.33. The molecule has 2 aliphatic rings. The summed E-state index contributed by atoms with van der Waals surface area (Å²) in [5.74, 6) is 4.02. The Kier molecular flexibility index (Phi) is 6.66. The number of nitrogens with one attached hydrogen (secondary N) is 1. The highest BCUT2D eigenvalue weighted by Crippen LogP contribution is 2.37. The van der Waals surface area contributed by atoms with E-state index in [4.69, 9.17) is 9.47 Å². The summed E-state index contributed by atoms with van der Waals surface area (Å²) in [4.78, 5) is 0. The minimum absolute atomic E-state index is 0.0410. The van der Waals surface area contributed by atoms with Gasteiger partial charge in [0.1, 0.15) is 0 Å². The van der Waals surface area contributed by atoms with Gasteiger partial charge >= 0.3 is 0 Å². The molecule has 1 N–H and O–H groups in total. The first-order chi connectivity index (χ1) is 9.65. The van der Waals surface area contributed by atoms with Crippen molar-refractivity contribution in [3.63, 3.8) is 0 Å². The standard InChI is InChI=1S/C16H31NO2S/c1-4-17-15(11-20-10-13(2)3)14-5-7-19-16(9-14)6-8-18-12-16/h13-15,17H,4-12H2,1-3H3. The Labute approximate surface area is 128 Å². The first kappa shape index (κ1) is 16.6. The lowest BCUT2D eigenvalue weighted by molar-refractivity contribution is -0.102. The smallest absolute Gasteiger partial charge is 0.0939 e. The normalized spacial score (nSPS) is 32.1. The van der Waals surface area contributed by atoms with Crippen LogP contribution >= 0.6 is 11.8 Å². The summed E-state index contributed by atoms with van der Waals surface area (Å²) in [6.07, 6.45) is 3.45. The van der Waals surface area contributed by atoms with Gasteiger partial charge in [0, 0.05) is 31.4 Å². The van der Waals surface area contributed by atoms with Crippen molar-refractivity contribution in [1.29, 1.82) is 0 Å². The Bertz CT molecular complexity index is 280. The average molecular weight is 301 g/mol. The minimum atomic E-state index is 0.0410. The Balaban J connectivity index is 1.86. The monoisotopic (exact) mass is 301 g/mol. The summed E-state index contributed by atoms with van der Waals surface area (Å²) in [5, 5.41) is 3.72. The first-order valence-electron chi connectivity index (χ1n) is 8.18. The van der Waals surface area contributed by atoms with Gasteiger partial charge in [-0.05, 0) is 37.0 Å². The number of hydrogen-bond acceptors (Lipinski definition) is 4. The van der Waals surface area contributed by atoms with Crippen molar-refractivity contribution < 1.29 is 9.47 Å². The highest BCUT2D eigenvalue weighted by Gasteiger charge is 2.42. The summed E-state index contributed by atoms with van der Waals surface area (Å²) in [6.45, 7) is 10.5. The quantitative estimate of drug-likeness (QED) is 0.783. The maximum atomic E-state index is 6.07. The van der Waals surface area contributed by atoms with Gasteiger partial charge in [0.2, 0.25) is 0 Å². The fourth-order valence-corrected chi connectivity index (χ4v) is 4.58. The van der Waals surface area contributed by atoms with E-state index in [1.807, 2.05) is 0 Å². The van der Waals surface area contributed by atoms with Crippen LogP contribution in [0.5, 0.6) is 0 Å². The molecule has 3 nitrogen and oxygen atoms in total. The summed E-state index contributed by atoms with van der Waals surface area (Å²) in [7, 11) is 0. The molecule has 118 valence electrons. The Morgan fingerprint density at radius 3 is 2.80 bits per heavy atom. The molecule has 3 unspecified atom stereocenters. The van der Waals surface area contributed by atoms with Crippen molar-refractivity contribution in [3.8, 4) is 0 Å². The van der Waals surface area contributed by atoms with Crippen molar-refractivity contribution in [2.75, 3.05) is 37.9 Å². The number of thioether (sulfide) groups is 1. The van der Waals surface area contributed by atoms with Gasteiger partial charge in [-0.1, -0.05) is 20.8 Å². The SMILES string of the molecule is CCNC(CSCC(C)C)C1CCOC2(CCOC2)C1. The van der Waals surface area contributed by atoms with Crippen LogP contribution in [-0.2, 0) is 9.47 Å². The van der Waals surface area contributed by atoms with Gasteiger partial charge in [-0.3, -0.25) is 0 Å².